The molecule has 3 amide bonds. The van der Waals surface area contributed by atoms with Crippen molar-refractivity contribution in [1.82, 2.24) is 15.0 Å². The van der Waals surface area contributed by atoms with Gasteiger partial charge < -0.3 is 9.42 Å². The number of hydrogen-bond acceptors (Lipinski definition) is 6. The summed E-state index contributed by atoms with van der Waals surface area (Å²) in [5.41, 5.74) is 1.54. The molecule has 0 spiro atoms. The van der Waals surface area contributed by atoms with Crippen molar-refractivity contribution in [3.63, 3.8) is 0 Å². The van der Waals surface area contributed by atoms with E-state index < -0.39 is 0 Å². The lowest BCUT2D eigenvalue weighted by Gasteiger charge is -2.21. The summed E-state index contributed by atoms with van der Waals surface area (Å²) >= 11 is 1.03. The Hall–Kier alpha value is -1.83. The van der Waals surface area contributed by atoms with E-state index in [0.717, 1.165) is 23.0 Å². The number of thioether (sulfide) groups is 1. The molecule has 2 aliphatic heterocycles. The Morgan fingerprint density at radius 3 is 2.77 bits per heavy atom. The second-order valence-corrected chi connectivity index (χ2v) is 6.51. The number of carbonyl (C=O) groups is 3. The van der Waals surface area contributed by atoms with E-state index in [4.69, 9.17) is 4.52 Å². The van der Waals surface area contributed by atoms with Crippen LogP contribution < -0.4 is 0 Å². The summed E-state index contributed by atoms with van der Waals surface area (Å²) < 4.78 is 5.07. The fourth-order valence-electron chi connectivity index (χ4n) is 2.91. The van der Waals surface area contributed by atoms with E-state index in [0.29, 0.717) is 25.3 Å². The molecule has 3 rings (SSSR count). The van der Waals surface area contributed by atoms with Gasteiger partial charge in [-0.3, -0.25) is 19.3 Å². The molecule has 3 heterocycles. The van der Waals surface area contributed by atoms with E-state index in [1.54, 1.807) is 11.8 Å². The Bertz CT molecular complexity index is 607. The molecule has 1 aromatic rings. The summed E-state index contributed by atoms with van der Waals surface area (Å²) in [6.07, 6.45) is 0.885. The third kappa shape index (κ3) is 2.63. The van der Waals surface area contributed by atoms with Crippen molar-refractivity contribution in [3.05, 3.63) is 17.0 Å². The first-order valence-corrected chi connectivity index (χ1v) is 8.14. The van der Waals surface area contributed by atoms with Crippen molar-refractivity contribution in [3.8, 4) is 0 Å². The molecule has 2 fully saturated rings. The molecular weight excluding hydrogens is 306 g/mol. The molecule has 118 valence electrons. The van der Waals surface area contributed by atoms with Gasteiger partial charge in [0.05, 0.1) is 23.9 Å². The van der Waals surface area contributed by atoms with Gasteiger partial charge in [-0.1, -0.05) is 16.9 Å². The first-order chi connectivity index (χ1) is 10.5. The highest BCUT2D eigenvalue weighted by Crippen LogP contribution is 2.26. The summed E-state index contributed by atoms with van der Waals surface area (Å²) in [5.74, 6) is 0.689. The molecule has 1 aromatic heterocycles. The number of amides is 3. The quantitative estimate of drug-likeness (QED) is 0.829. The van der Waals surface area contributed by atoms with Crippen LogP contribution in [0, 0.1) is 13.8 Å². The number of rotatable bonds is 3. The van der Waals surface area contributed by atoms with Gasteiger partial charge in [-0.05, 0) is 20.3 Å². The van der Waals surface area contributed by atoms with E-state index >= 15 is 0 Å². The summed E-state index contributed by atoms with van der Waals surface area (Å²) in [6, 6.07) is -0.191. The van der Waals surface area contributed by atoms with Crippen molar-refractivity contribution in [2.75, 3.05) is 18.8 Å². The lowest BCUT2D eigenvalue weighted by Crippen LogP contribution is -2.41. The largest absolute Gasteiger partial charge is 0.361 e. The number of imide groups is 1. The maximum Gasteiger partial charge on any atom is 0.289 e. The van der Waals surface area contributed by atoms with Crippen LogP contribution in [0.15, 0.2) is 4.52 Å². The number of aryl methyl sites for hydroxylation is 2. The second kappa shape index (κ2) is 5.75. The lowest BCUT2D eigenvalue weighted by molar-refractivity contribution is -0.131. The molecule has 2 aliphatic rings. The van der Waals surface area contributed by atoms with Gasteiger partial charge in [0.2, 0.25) is 11.8 Å². The van der Waals surface area contributed by atoms with E-state index in [1.807, 2.05) is 6.92 Å². The van der Waals surface area contributed by atoms with Crippen LogP contribution in [0.25, 0.3) is 0 Å². The molecule has 0 aliphatic carbocycles. The molecule has 1 unspecified atom stereocenters. The smallest absolute Gasteiger partial charge is 0.289 e. The molecule has 0 N–H and O–H groups in total. The zero-order valence-corrected chi connectivity index (χ0v) is 13.3. The van der Waals surface area contributed by atoms with Gasteiger partial charge in [0.25, 0.3) is 5.24 Å². The number of hydrogen-bond donors (Lipinski definition) is 0. The van der Waals surface area contributed by atoms with Crippen molar-refractivity contribution < 1.29 is 18.9 Å². The highest BCUT2D eigenvalue weighted by Gasteiger charge is 2.40. The SMILES string of the molecule is Cc1noc(C)c1CC(=O)N1CCC(N2C(=O)CSC2=O)C1. The summed E-state index contributed by atoms with van der Waals surface area (Å²) in [7, 11) is 0. The predicted molar refractivity (Wildman–Crippen MR) is 79.4 cm³/mol. The molecule has 8 heteroatoms. The highest BCUT2D eigenvalue weighted by atomic mass is 32.2. The normalized spacial score (nSPS) is 22.0. The molecule has 2 saturated heterocycles. The van der Waals surface area contributed by atoms with Gasteiger partial charge in [0.1, 0.15) is 5.76 Å². The number of aromatic nitrogens is 1. The molecule has 1 atom stereocenters. The average Bonchev–Trinajstić information content (AvgIpc) is 3.15. The third-order valence-corrected chi connectivity index (χ3v) is 5.01. The van der Waals surface area contributed by atoms with Gasteiger partial charge in [0, 0.05) is 18.7 Å². The molecular formula is C14H17N3O4S. The number of likely N-dealkylation sites (tertiary alicyclic amines) is 1. The molecule has 0 bridgehead atoms. The Morgan fingerprint density at radius 2 is 2.18 bits per heavy atom. The minimum Gasteiger partial charge on any atom is -0.361 e. The van der Waals surface area contributed by atoms with Crippen LogP contribution in [0.5, 0.6) is 0 Å². The average molecular weight is 323 g/mol. The molecule has 7 nitrogen and oxygen atoms in total. The minimum absolute atomic E-state index is 0.0244. The van der Waals surface area contributed by atoms with Crippen molar-refractivity contribution in [1.29, 1.82) is 0 Å². The first-order valence-electron chi connectivity index (χ1n) is 7.15. The minimum atomic E-state index is -0.199. The lowest BCUT2D eigenvalue weighted by atomic mass is 10.1. The Labute approximate surface area is 132 Å². The number of carbonyl (C=O) groups excluding carboxylic acids is 3. The van der Waals surface area contributed by atoms with Crippen molar-refractivity contribution in [2.45, 2.75) is 32.7 Å². The standard InChI is InChI=1S/C14H17N3O4S/c1-8-11(9(2)21-15-8)5-12(18)16-4-3-10(6-16)17-13(19)7-22-14(17)20/h10H,3-7H2,1-2H3. The highest BCUT2D eigenvalue weighted by molar-refractivity contribution is 8.14. The van der Waals surface area contributed by atoms with Crippen LogP contribution >= 0.6 is 11.8 Å². The maximum atomic E-state index is 12.4. The fourth-order valence-corrected chi connectivity index (χ4v) is 3.69. The molecule has 0 saturated carbocycles. The van der Waals surface area contributed by atoms with Gasteiger partial charge in [-0.25, -0.2) is 0 Å². The van der Waals surface area contributed by atoms with Gasteiger partial charge in [-0.15, -0.1) is 0 Å². The van der Waals surface area contributed by atoms with Crippen LogP contribution in [0.4, 0.5) is 4.79 Å². The topological polar surface area (TPSA) is 83.7 Å². The second-order valence-electron chi connectivity index (χ2n) is 5.58. The Balaban J connectivity index is 1.64. The zero-order valence-electron chi connectivity index (χ0n) is 12.5. The van der Waals surface area contributed by atoms with E-state index in [2.05, 4.69) is 5.16 Å². The first kappa shape index (κ1) is 15.1. The van der Waals surface area contributed by atoms with Crippen LogP contribution in [0.2, 0.25) is 0 Å². The van der Waals surface area contributed by atoms with E-state index in [1.165, 1.54) is 4.90 Å². The predicted octanol–water partition coefficient (Wildman–Crippen LogP) is 1.13. The maximum absolute atomic E-state index is 12.4. The van der Waals surface area contributed by atoms with Crippen LogP contribution in [-0.2, 0) is 16.0 Å². The molecule has 0 radical (unpaired) electrons. The van der Waals surface area contributed by atoms with Crippen LogP contribution in [0.3, 0.4) is 0 Å². The fraction of sp³-hybridized carbons (Fsp3) is 0.571. The monoisotopic (exact) mass is 323 g/mol. The Morgan fingerprint density at radius 1 is 1.41 bits per heavy atom. The number of nitrogens with zero attached hydrogens (tertiary/aromatic N) is 3. The van der Waals surface area contributed by atoms with Crippen LogP contribution in [-0.4, -0.2) is 56.9 Å². The summed E-state index contributed by atoms with van der Waals surface area (Å²) in [6.45, 7) is 4.58. The third-order valence-electron chi connectivity index (χ3n) is 4.17. The van der Waals surface area contributed by atoms with E-state index in [-0.39, 0.29) is 35.3 Å². The Kier molecular flexibility index (Phi) is 3.94. The van der Waals surface area contributed by atoms with Crippen molar-refractivity contribution >= 4 is 28.8 Å². The molecule has 22 heavy (non-hydrogen) atoms. The summed E-state index contributed by atoms with van der Waals surface area (Å²) in [5, 5.41) is 3.65. The summed E-state index contributed by atoms with van der Waals surface area (Å²) in [4.78, 5) is 38.9. The molecule has 0 aromatic carbocycles. The zero-order chi connectivity index (χ0) is 15.9. The van der Waals surface area contributed by atoms with Crippen LogP contribution in [0.1, 0.15) is 23.4 Å². The van der Waals surface area contributed by atoms with E-state index in [9.17, 15) is 14.4 Å². The van der Waals surface area contributed by atoms with Gasteiger partial charge in [0.15, 0.2) is 0 Å². The van der Waals surface area contributed by atoms with Gasteiger partial charge in [-0.2, -0.15) is 0 Å². The van der Waals surface area contributed by atoms with Gasteiger partial charge >= 0.3 is 0 Å². The van der Waals surface area contributed by atoms with Crippen molar-refractivity contribution in [2.24, 2.45) is 0 Å².